The number of rotatable bonds is 1. The monoisotopic (exact) mass is 525 g/mol. The van der Waals surface area contributed by atoms with Crippen molar-refractivity contribution in [3.63, 3.8) is 0 Å². The maximum Gasteiger partial charge on any atom is 0.195 e. The predicted molar refractivity (Wildman–Crippen MR) is 147 cm³/mol. The number of hydrogen-bond acceptors (Lipinski definition) is 5. The van der Waals surface area contributed by atoms with Crippen molar-refractivity contribution < 1.29 is 24.5 Å². The molecule has 7 atom stereocenters. The SMILES string of the molecule is CC1(C)OC23CC[C@]4(C)[C@@]5(C)c6[nH]c7ccc(-c8ccccc8)cc7c6C[C@@H]5C[C@H](O)[C@@]4(O)C2=CC(=O)[C@@H]1O3. The lowest BCUT2D eigenvalue weighted by molar-refractivity contribution is -0.274. The van der Waals surface area contributed by atoms with Crippen molar-refractivity contribution in [2.24, 2.45) is 11.3 Å². The second-order valence-corrected chi connectivity index (χ2v) is 13.5. The van der Waals surface area contributed by atoms with Crippen molar-refractivity contribution in [3.05, 3.63) is 71.4 Å². The number of H-pyrrole nitrogens is 1. The molecule has 202 valence electrons. The van der Waals surface area contributed by atoms with Crippen LogP contribution in [0.4, 0.5) is 0 Å². The summed E-state index contributed by atoms with van der Waals surface area (Å²) in [6, 6.07) is 17.0. The van der Waals surface area contributed by atoms with E-state index >= 15 is 0 Å². The van der Waals surface area contributed by atoms with E-state index in [0.29, 0.717) is 24.8 Å². The van der Waals surface area contributed by atoms with E-state index in [0.717, 1.165) is 17.6 Å². The van der Waals surface area contributed by atoms with Gasteiger partial charge in [0, 0.05) is 39.4 Å². The van der Waals surface area contributed by atoms with E-state index in [1.165, 1.54) is 22.1 Å². The summed E-state index contributed by atoms with van der Waals surface area (Å²) >= 11 is 0. The number of aliphatic hydroxyl groups excluding tert-OH is 1. The van der Waals surface area contributed by atoms with Crippen LogP contribution >= 0.6 is 0 Å². The third-order valence-corrected chi connectivity index (χ3v) is 11.5. The number of carbonyl (C=O) groups is 1. The average molecular weight is 526 g/mol. The molecular formula is C33H35NO5. The van der Waals surface area contributed by atoms with Gasteiger partial charge in [-0.3, -0.25) is 4.79 Å². The van der Waals surface area contributed by atoms with Gasteiger partial charge in [0.25, 0.3) is 0 Å². The summed E-state index contributed by atoms with van der Waals surface area (Å²) in [5.41, 5.74) is 2.55. The molecule has 2 bridgehead atoms. The van der Waals surface area contributed by atoms with Gasteiger partial charge in [0.05, 0.1) is 6.10 Å². The normalized spacial score (nSPS) is 41.5. The molecule has 3 aliphatic carbocycles. The van der Waals surface area contributed by atoms with Crippen LogP contribution in [0.15, 0.2) is 60.2 Å². The zero-order valence-electron chi connectivity index (χ0n) is 22.9. The fourth-order valence-electron chi connectivity index (χ4n) is 9.29. The Bertz CT molecular complexity index is 1600. The van der Waals surface area contributed by atoms with Crippen LogP contribution in [0.3, 0.4) is 0 Å². The second-order valence-electron chi connectivity index (χ2n) is 13.5. The van der Waals surface area contributed by atoms with Gasteiger partial charge in [0.15, 0.2) is 17.7 Å². The van der Waals surface area contributed by atoms with Crippen LogP contribution in [0.5, 0.6) is 0 Å². The molecule has 3 fully saturated rings. The first kappa shape index (κ1) is 24.1. The Kier molecular flexibility index (Phi) is 4.38. The molecule has 2 aliphatic heterocycles. The highest BCUT2D eigenvalue weighted by molar-refractivity contribution is 5.97. The Balaban J connectivity index is 1.30. The molecule has 6 heteroatoms. The van der Waals surface area contributed by atoms with Crippen molar-refractivity contribution in [2.75, 3.05) is 0 Å². The number of benzene rings is 2. The predicted octanol–water partition coefficient (Wildman–Crippen LogP) is 4.96. The number of ketones is 1. The number of aliphatic hydroxyl groups is 2. The molecule has 5 aliphatic rings. The van der Waals surface area contributed by atoms with Crippen LogP contribution in [0, 0.1) is 11.3 Å². The van der Waals surface area contributed by atoms with Crippen LogP contribution in [0.25, 0.3) is 22.0 Å². The van der Waals surface area contributed by atoms with Gasteiger partial charge in [0.1, 0.15) is 11.2 Å². The van der Waals surface area contributed by atoms with E-state index in [-0.39, 0.29) is 11.7 Å². The first-order valence-corrected chi connectivity index (χ1v) is 14.2. The highest BCUT2D eigenvalue weighted by atomic mass is 16.8. The van der Waals surface area contributed by atoms with E-state index in [1.54, 1.807) is 6.08 Å². The minimum Gasteiger partial charge on any atom is -0.390 e. The van der Waals surface area contributed by atoms with E-state index in [9.17, 15) is 15.0 Å². The van der Waals surface area contributed by atoms with Crippen molar-refractivity contribution in [1.82, 2.24) is 4.98 Å². The van der Waals surface area contributed by atoms with Gasteiger partial charge in [-0.2, -0.15) is 0 Å². The quantitative estimate of drug-likeness (QED) is 0.418. The molecule has 1 aromatic heterocycles. The van der Waals surface area contributed by atoms with Crippen LogP contribution in [0.2, 0.25) is 0 Å². The molecule has 3 N–H and O–H groups in total. The van der Waals surface area contributed by atoms with Gasteiger partial charge in [-0.15, -0.1) is 0 Å². The summed E-state index contributed by atoms with van der Waals surface area (Å²) < 4.78 is 12.8. The lowest BCUT2D eigenvalue weighted by Gasteiger charge is -2.66. The molecule has 2 saturated carbocycles. The lowest BCUT2D eigenvalue weighted by atomic mass is 9.41. The molecule has 39 heavy (non-hydrogen) atoms. The Morgan fingerprint density at radius 2 is 1.77 bits per heavy atom. The van der Waals surface area contributed by atoms with Crippen molar-refractivity contribution in [2.45, 2.75) is 88.0 Å². The van der Waals surface area contributed by atoms with E-state index in [2.05, 4.69) is 61.3 Å². The highest BCUT2D eigenvalue weighted by Gasteiger charge is 2.77. The van der Waals surface area contributed by atoms with Crippen LogP contribution in [-0.2, 0) is 26.1 Å². The fourth-order valence-corrected chi connectivity index (χ4v) is 9.29. The molecule has 8 rings (SSSR count). The zero-order valence-corrected chi connectivity index (χ0v) is 22.9. The topological polar surface area (TPSA) is 91.8 Å². The molecule has 0 radical (unpaired) electrons. The number of fused-ring (bicyclic) bond motifs is 9. The molecule has 3 aromatic rings. The molecule has 1 saturated heterocycles. The van der Waals surface area contributed by atoms with Crippen molar-refractivity contribution >= 4 is 16.7 Å². The van der Waals surface area contributed by atoms with Crippen LogP contribution in [0.1, 0.15) is 58.2 Å². The standard InChI is InChI=1S/C33H35NO5/c1-29(2)28-24(35)17-25-32(38-28,39-29)13-12-30(3)31(4)20(16-26(36)33(25,30)37)15-22-21-14-19(18-8-6-5-7-9-18)10-11-23(21)34-27(22)31/h5-11,14,17,20,26,28,34,36-37H,12-13,15-16H2,1-4H3/t20-,26+,28+,30-,31-,32?,33+/m1/s1. The number of hydrogen-bond donors (Lipinski definition) is 3. The van der Waals surface area contributed by atoms with E-state index in [1.807, 2.05) is 19.9 Å². The minimum absolute atomic E-state index is 0.146. The third-order valence-electron chi connectivity index (χ3n) is 11.5. The maximum absolute atomic E-state index is 13.2. The Morgan fingerprint density at radius 3 is 2.54 bits per heavy atom. The van der Waals surface area contributed by atoms with Gasteiger partial charge in [-0.25, -0.2) is 0 Å². The molecule has 0 amide bonds. The summed E-state index contributed by atoms with van der Waals surface area (Å²) in [6.45, 7) is 8.08. The Labute approximate surface area is 228 Å². The molecule has 2 aromatic carbocycles. The van der Waals surface area contributed by atoms with Gasteiger partial charge < -0.3 is 24.7 Å². The van der Waals surface area contributed by atoms with Crippen molar-refractivity contribution in [1.29, 1.82) is 0 Å². The summed E-state index contributed by atoms with van der Waals surface area (Å²) in [4.78, 5) is 17.0. The summed E-state index contributed by atoms with van der Waals surface area (Å²) in [5, 5.41) is 25.7. The average Bonchev–Trinajstić information content (AvgIpc) is 3.49. The Morgan fingerprint density at radius 1 is 1.00 bits per heavy atom. The van der Waals surface area contributed by atoms with Crippen LogP contribution in [-0.4, -0.2) is 50.2 Å². The van der Waals surface area contributed by atoms with Crippen LogP contribution < -0.4 is 0 Å². The highest BCUT2D eigenvalue weighted by Crippen LogP contribution is 2.71. The molecule has 6 nitrogen and oxygen atoms in total. The minimum atomic E-state index is -1.67. The molecule has 3 heterocycles. The smallest absolute Gasteiger partial charge is 0.195 e. The maximum atomic E-state index is 13.2. The zero-order chi connectivity index (χ0) is 27.2. The number of ether oxygens (including phenoxy) is 2. The molecular weight excluding hydrogens is 490 g/mol. The van der Waals surface area contributed by atoms with Crippen molar-refractivity contribution in [3.8, 4) is 11.1 Å². The fraction of sp³-hybridized carbons (Fsp3) is 0.485. The van der Waals surface area contributed by atoms with E-state index < -0.39 is 40.0 Å². The van der Waals surface area contributed by atoms with Gasteiger partial charge in [0.2, 0.25) is 0 Å². The molecule has 1 spiro atoms. The summed E-state index contributed by atoms with van der Waals surface area (Å²) in [6.07, 6.45) is 2.17. The summed E-state index contributed by atoms with van der Waals surface area (Å²) in [5.74, 6) is -1.24. The number of aromatic nitrogens is 1. The summed E-state index contributed by atoms with van der Waals surface area (Å²) in [7, 11) is 0. The first-order chi connectivity index (χ1) is 18.4. The first-order valence-electron chi connectivity index (χ1n) is 14.2. The number of carbonyl (C=O) groups excluding carboxylic acids is 1. The molecule has 1 unspecified atom stereocenters. The van der Waals surface area contributed by atoms with Gasteiger partial charge >= 0.3 is 0 Å². The third kappa shape index (κ3) is 2.60. The number of aromatic amines is 1. The largest absolute Gasteiger partial charge is 0.390 e. The lowest BCUT2D eigenvalue weighted by Crippen LogP contribution is -2.74. The second kappa shape index (κ2) is 7.10. The Hall–Kier alpha value is -2.77. The van der Waals surface area contributed by atoms with Gasteiger partial charge in [-0.05, 0) is 73.9 Å². The number of nitrogens with one attached hydrogen (secondary N) is 1. The van der Waals surface area contributed by atoms with Gasteiger partial charge in [-0.1, -0.05) is 50.2 Å². The van der Waals surface area contributed by atoms with E-state index in [4.69, 9.17) is 9.47 Å².